The van der Waals surface area contributed by atoms with E-state index >= 15 is 0 Å². The molecule has 15 heavy (non-hydrogen) atoms. The maximum atomic E-state index is 5.50. The Morgan fingerprint density at radius 2 is 2.07 bits per heavy atom. The SMILES string of the molecule is Brc1c2c(cc3ccccc13)CCOC2. The zero-order chi connectivity index (χ0) is 10.3. The van der Waals surface area contributed by atoms with Crippen molar-refractivity contribution in [2.24, 2.45) is 0 Å². The summed E-state index contributed by atoms with van der Waals surface area (Å²) in [5, 5.41) is 2.59. The van der Waals surface area contributed by atoms with Gasteiger partial charge in [0, 0.05) is 4.47 Å². The molecule has 0 amide bonds. The van der Waals surface area contributed by atoms with Gasteiger partial charge in [0.15, 0.2) is 0 Å². The predicted octanol–water partition coefficient (Wildman–Crippen LogP) is 3.68. The number of benzene rings is 2. The summed E-state index contributed by atoms with van der Waals surface area (Å²) in [5.74, 6) is 0. The van der Waals surface area contributed by atoms with Crippen LogP contribution < -0.4 is 0 Å². The standard InChI is InChI=1S/C13H11BrO/c14-13-11-4-2-1-3-9(11)7-10-5-6-15-8-12(10)13/h1-4,7H,5-6,8H2. The molecule has 1 aliphatic heterocycles. The molecule has 0 N–H and O–H groups in total. The minimum atomic E-state index is 0.737. The van der Waals surface area contributed by atoms with Crippen molar-refractivity contribution in [3.05, 3.63) is 45.9 Å². The lowest BCUT2D eigenvalue weighted by Crippen LogP contribution is -2.10. The highest BCUT2D eigenvalue weighted by Gasteiger charge is 2.14. The van der Waals surface area contributed by atoms with Crippen LogP contribution in [0, 0.1) is 0 Å². The van der Waals surface area contributed by atoms with Crippen LogP contribution in [0.4, 0.5) is 0 Å². The molecule has 1 heterocycles. The molecular formula is C13H11BrO. The van der Waals surface area contributed by atoms with Gasteiger partial charge in [-0.05, 0) is 44.3 Å². The van der Waals surface area contributed by atoms with Gasteiger partial charge in [0.25, 0.3) is 0 Å². The van der Waals surface area contributed by atoms with E-state index in [0.717, 1.165) is 19.6 Å². The summed E-state index contributed by atoms with van der Waals surface area (Å²) in [7, 11) is 0. The third-order valence-corrected chi connectivity index (χ3v) is 3.85. The lowest BCUT2D eigenvalue weighted by atomic mass is 9.98. The van der Waals surface area contributed by atoms with Crippen molar-refractivity contribution < 1.29 is 4.74 Å². The Labute approximate surface area is 97.2 Å². The maximum absolute atomic E-state index is 5.50. The minimum absolute atomic E-state index is 0.737. The van der Waals surface area contributed by atoms with Crippen LogP contribution in [-0.2, 0) is 17.8 Å². The van der Waals surface area contributed by atoms with Crippen molar-refractivity contribution in [2.45, 2.75) is 13.0 Å². The molecule has 2 aromatic carbocycles. The van der Waals surface area contributed by atoms with Gasteiger partial charge >= 0.3 is 0 Å². The number of ether oxygens (including phenoxy) is 1. The molecule has 0 aliphatic carbocycles. The average molecular weight is 263 g/mol. The zero-order valence-corrected chi connectivity index (χ0v) is 9.88. The first-order valence-corrected chi connectivity index (χ1v) is 5.92. The normalized spacial score (nSPS) is 15.3. The highest BCUT2D eigenvalue weighted by molar-refractivity contribution is 9.10. The Hall–Kier alpha value is -0.860. The summed E-state index contributed by atoms with van der Waals surface area (Å²) < 4.78 is 6.70. The van der Waals surface area contributed by atoms with E-state index in [0.29, 0.717) is 0 Å². The summed E-state index contributed by atoms with van der Waals surface area (Å²) in [6.07, 6.45) is 1.03. The molecular weight excluding hydrogens is 252 g/mol. The van der Waals surface area contributed by atoms with E-state index in [1.54, 1.807) is 0 Å². The molecule has 0 saturated heterocycles. The van der Waals surface area contributed by atoms with Crippen molar-refractivity contribution in [1.82, 2.24) is 0 Å². The lowest BCUT2D eigenvalue weighted by molar-refractivity contribution is 0.110. The Kier molecular flexibility index (Phi) is 2.26. The molecule has 0 aromatic heterocycles. The predicted molar refractivity (Wildman–Crippen MR) is 65.0 cm³/mol. The number of rotatable bonds is 0. The molecule has 0 atom stereocenters. The zero-order valence-electron chi connectivity index (χ0n) is 8.29. The van der Waals surface area contributed by atoms with Crippen molar-refractivity contribution >= 4 is 26.7 Å². The average Bonchev–Trinajstić information content (AvgIpc) is 2.30. The smallest absolute Gasteiger partial charge is 0.0730 e. The van der Waals surface area contributed by atoms with Crippen LogP contribution in [0.3, 0.4) is 0 Å². The molecule has 76 valence electrons. The molecule has 1 nitrogen and oxygen atoms in total. The topological polar surface area (TPSA) is 9.23 Å². The van der Waals surface area contributed by atoms with Crippen molar-refractivity contribution in [3.63, 3.8) is 0 Å². The summed E-state index contributed by atoms with van der Waals surface area (Å²) >= 11 is 3.69. The van der Waals surface area contributed by atoms with Crippen LogP contribution in [0.2, 0.25) is 0 Å². The molecule has 2 aromatic rings. The molecule has 0 radical (unpaired) electrons. The highest BCUT2D eigenvalue weighted by Crippen LogP contribution is 2.33. The Morgan fingerprint density at radius 3 is 3.00 bits per heavy atom. The van der Waals surface area contributed by atoms with E-state index in [1.165, 1.54) is 26.4 Å². The molecule has 3 rings (SSSR count). The fourth-order valence-electron chi connectivity index (χ4n) is 2.14. The highest BCUT2D eigenvalue weighted by atomic mass is 79.9. The third kappa shape index (κ3) is 1.48. The number of halogens is 1. The molecule has 1 aliphatic rings. The summed E-state index contributed by atoms with van der Waals surface area (Å²) in [4.78, 5) is 0. The van der Waals surface area contributed by atoms with Crippen molar-refractivity contribution in [3.8, 4) is 0 Å². The van der Waals surface area contributed by atoms with Gasteiger partial charge < -0.3 is 4.74 Å². The Bertz CT molecular complexity index is 519. The monoisotopic (exact) mass is 262 g/mol. The molecule has 0 bridgehead atoms. The maximum Gasteiger partial charge on any atom is 0.0730 e. The second-order valence-electron chi connectivity index (χ2n) is 3.85. The second kappa shape index (κ2) is 3.62. The first kappa shape index (κ1) is 9.37. The first-order chi connectivity index (χ1) is 7.36. The largest absolute Gasteiger partial charge is 0.376 e. The molecule has 0 spiro atoms. The fraction of sp³-hybridized carbons (Fsp3) is 0.231. The molecule has 0 unspecified atom stereocenters. The van der Waals surface area contributed by atoms with E-state index < -0.39 is 0 Å². The number of hydrogen-bond acceptors (Lipinski definition) is 1. The summed E-state index contributed by atoms with van der Waals surface area (Å²) in [5.41, 5.74) is 2.74. The first-order valence-electron chi connectivity index (χ1n) is 5.13. The number of hydrogen-bond donors (Lipinski definition) is 0. The van der Waals surface area contributed by atoms with Gasteiger partial charge in [0.05, 0.1) is 13.2 Å². The van der Waals surface area contributed by atoms with Gasteiger partial charge in [-0.2, -0.15) is 0 Å². The lowest BCUT2D eigenvalue weighted by Gasteiger charge is -2.19. The van der Waals surface area contributed by atoms with Crippen LogP contribution in [-0.4, -0.2) is 6.61 Å². The number of fused-ring (bicyclic) bond motifs is 2. The Morgan fingerprint density at radius 1 is 1.20 bits per heavy atom. The van der Waals surface area contributed by atoms with Crippen molar-refractivity contribution in [1.29, 1.82) is 0 Å². The van der Waals surface area contributed by atoms with Gasteiger partial charge in [-0.25, -0.2) is 0 Å². The van der Waals surface area contributed by atoms with Crippen LogP contribution in [0.5, 0.6) is 0 Å². The minimum Gasteiger partial charge on any atom is -0.376 e. The third-order valence-electron chi connectivity index (χ3n) is 2.94. The van der Waals surface area contributed by atoms with E-state index in [4.69, 9.17) is 4.74 Å². The van der Waals surface area contributed by atoms with E-state index in [2.05, 4.69) is 46.3 Å². The quantitative estimate of drug-likeness (QED) is 0.704. The molecule has 0 fully saturated rings. The van der Waals surface area contributed by atoms with Gasteiger partial charge in [0.2, 0.25) is 0 Å². The summed E-state index contributed by atoms with van der Waals surface area (Å²) in [6.45, 7) is 1.58. The van der Waals surface area contributed by atoms with E-state index in [1.807, 2.05) is 0 Å². The van der Waals surface area contributed by atoms with Gasteiger partial charge in [-0.1, -0.05) is 30.3 Å². The van der Waals surface area contributed by atoms with Crippen LogP contribution in [0.1, 0.15) is 11.1 Å². The van der Waals surface area contributed by atoms with Crippen molar-refractivity contribution in [2.75, 3.05) is 6.61 Å². The van der Waals surface area contributed by atoms with E-state index in [9.17, 15) is 0 Å². The second-order valence-corrected chi connectivity index (χ2v) is 4.64. The van der Waals surface area contributed by atoms with Crippen LogP contribution >= 0.6 is 15.9 Å². The molecule has 2 heteroatoms. The van der Waals surface area contributed by atoms with E-state index in [-0.39, 0.29) is 0 Å². The van der Waals surface area contributed by atoms with Crippen LogP contribution in [0.15, 0.2) is 34.8 Å². The summed E-state index contributed by atoms with van der Waals surface area (Å²) in [6, 6.07) is 10.8. The van der Waals surface area contributed by atoms with Gasteiger partial charge in [0.1, 0.15) is 0 Å². The molecule has 0 saturated carbocycles. The van der Waals surface area contributed by atoms with Crippen LogP contribution in [0.25, 0.3) is 10.8 Å². The Balaban J connectivity index is 2.36. The van der Waals surface area contributed by atoms with Gasteiger partial charge in [-0.15, -0.1) is 0 Å². The fourth-order valence-corrected chi connectivity index (χ4v) is 2.87. The van der Waals surface area contributed by atoms with Gasteiger partial charge in [-0.3, -0.25) is 0 Å².